The molecule has 4 heterocycles. The number of hydrogen-bond acceptors (Lipinski definition) is 5. The summed E-state index contributed by atoms with van der Waals surface area (Å²) in [6, 6.07) is 1.92. The first-order valence-electron chi connectivity index (χ1n) is 7.18. The molecule has 0 radical (unpaired) electrons. The lowest BCUT2D eigenvalue weighted by Gasteiger charge is -2.39. The zero-order chi connectivity index (χ0) is 15.5. The van der Waals surface area contributed by atoms with Crippen molar-refractivity contribution in [2.24, 2.45) is 0 Å². The number of piperidine rings is 1. The predicted molar refractivity (Wildman–Crippen MR) is 82.1 cm³/mol. The van der Waals surface area contributed by atoms with Gasteiger partial charge in [0.2, 0.25) is 10.0 Å². The van der Waals surface area contributed by atoms with Gasteiger partial charge in [-0.1, -0.05) is 0 Å². The minimum Gasteiger partial charge on any atom is -0.423 e. The molecule has 0 amide bonds. The molecule has 1 spiro atoms. The first-order chi connectivity index (χ1) is 10.4. The summed E-state index contributed by atoms with van der Waals surface area (Å²) < 4.78 is 30.7. The van der Waals surface area contributed by atoms with Crippen LogP contribution in [0.2, 0.25) is 0 Å². The minimum atomic E-state index is -3.20. The highest BCUT2D eigenvalue weighted by Crippen LogP contribution is 2.43. The third kappa shape index (κ3) is 1.93. The lowest BCUT2D eigenvalue weighted by molar-refractivity contribution is 0.0136. The number of sulfonamides is 1. The zero-order valence-electron chi connectivity index (χ0n) is 12.1. The Hall–Kier alpha value is -1.42. The molecule has 1 saturated heterocycles. The number of H-pyrrole nitrogens is 1. The summed E-state index contributed by atoms with van der Waals surface area (Å²) in [6.45, 7) is 0.776. The van der Waals surface area contributed by atoms with Gasteiger partial charge in [-0.2, -0.15) is 0 Å². The fraction of sp³-hybridized carbons (Fsp3) is 0.462. The highest BCUT2D eigenvalue weighted by Gasteiger charge is 2.50. The van der Waals surface area contributed by atoms with Crippen LogP contribution in [-0.2, 0) is 20.3 Å². The number of hydrogen-bond donors (Lipinski definition) is 2. The zero-order valence-corrected chi connectivity index (χ0v) is 12.9. The first kappa shape index (κ1) is 14.2. The Kier molecular flexibility index (Phi) is 2.93. The van der Waals surface area contributed by atoms with Crippen LogP contribution in [0.15, 0.2) is 18.5 Å². The van der Waals surface area contributed by atoms with E-state index in [9.17, 15) is 13.4 Å². The van der Waals surface area contributed by atoms with Crippen molar-refractivity contribution in [2.45, 2.75) is 18.4 Å². The average molecular weight is 321 g/mol. The van der Waals surface area contributed by atoms with E-state index in [-0.39, 0.29) is 0 Å². The third-order valence-electron chi connectivity index (χ3n) is 4.67. The van der Waals surface area contributed by atoms with Crippen LogP contribution in [0.1, 0.15) is 18.4 Å². The Morgan fingerprint density at radius 1 is 1.45 bits per heavy atom. The van der Waals surface area contributed by atoms with Gasteiger partial charge in [-0.05, 0) is 24.5 Å². The molecular formula is C13H16BN3O4S. The summed E-state index contributed by atoms with van der Waals surface area (Å²) in [6.07, 6.45) is 5.71. The second-order valence-electron chi connectivity index (χ2n) is 5.96. The highest BCUT2D eigenvalue weighted by molar-refractivity contribution is 7.88. The quantitative estimate of drug-likeness (QED) is 0.693. The van der Waals surface area contributed by atoms with E-state index >= 15 is 0 Å². The summed E-state index contributed by atoms with van der Waals surface area (Å²) >= 11 is 0. The monoisotopic (exact) mass is 321 g/mol. The largest absolute Gasteiger partial charge is 0.493 e. The Bertz CT molecular complexity index is 842. The molecule has 22 heavy (non-hydrogen) atoms. The average Bonchev–Trinajstić information content (AvgIpc) is 3.02. The molecule has 2 aliphatic heterocycles. The van der Waals surface area contributed by atoms with E-state index in [4.69, 9.17) is 4.65 Å². The van der Waals surface area contributed by atoms with Crippen molar-refractivity contribution in [3.63, 3.8) is 0 Å². The van der Waals surface area contributed by atoms with Crippen molar-refractivity contribution < 1.29 is 18.1 Å². The lowest BCUT2D eigenvalue weighted by atomic mass is 9.76. The lowest BCUT2D eigenvalue weighted by Crippen LogP contribution is -2.45. The molecule has 0 aromatic carbocycles. The van der Waals surface area contributed by atoms with E-state index in [0.29, 0.717) is 31.4 Å². The first-order valence-corrected chi connectivity index (χ1v) is 9.03. The minimum absolute atomic E-state index is 0.388. The molecule has 7 nitrogen and oxygen atoms in total. The number of nitrogens with zero attached hydrogens (tertiary/aromatic N) is 2. The Morgan fingerprint density at radius 3 is 2.86 bits per heavy atom. The van der Waals surface area contributed by atoms with E-state index in [2.05, 4.69) is 9.97 Å². The molecule has 0 unspecified atom stereocenters. The second kappa shape index (κ2) is 4.54. The van der Waals surface area contributed by atoms with Gasteiger partial charge >= 0.3 is 7.12 Å². The molecule has 2 aromatic heterocycles. The van der Waals surface area contributed by atoms with Crippen LogP contribution in [-0.4, -0.2) is 54.2 Å². The molecular weight excluding hydrogens is 305 g/mol. The molecule has 116 valence electrons. The summed E-state index contributed by atoms with van der Waals surface area (Å²) in [5, 5.41) is 11.1. The molecule has 0 atom stereocenters. The number of pyridine rings is 1. The van der Waals surface area contributed by atoms with Crippen molar-refractivity contribution in [2.75, 3.05) is 19.3 Å². The van der Waals surface area contributed by atoms with Crippen LogP contribution >= 0.6 is 0 Å². The van der Waals surface area contributed by atoms with Gasteiger partial charge in [0, 0.05) is 36.3 Å². The number of aromatic amines is 1. The number of nitrogens with one attached hydrogen (secondary N) is 1. The topological polar surface area (TPSA) is 95.5 Å². The fourth-order valence-electron chi connectivity index (χ4n) is 3.60. The predicted octanol–water partition coefficient (Wildman–Crippen LogP) is -0.469. The second-order valence-corrected chi connectivity index (χ2v) is 7.94. The maximum absolute atomic E-state index is 11.7. The van der Waals surface area contributed by atoms with Gasteiger partial charge in [-0.3, -0.25) is 0 Å². The Balaban J connectivity index is 1.79. The summed E-state index contributed by atoms with van der Waals surface area (Å²) in [7, 11) is -4.21. The van der Waals surface area contributed by atoms with E-state index in [1.165, 1.54) is 10.6 Å². The molecule has 4 rings (SSSR count). The number of fused-ring (bicyclic) bond motifs is 4. The van der Waals surface area contributed by atoms with Crippen LogP contribution in [0.25, 0.3) is 11.0 Å². The smallest absolute Gasteiger partial charge is 0.423 e. The van der Waals surface area contributed by atoms with Crippen LogP contribution in [0, 0.1) is 0 Å². The van der Waals surface area contributed by atoms with Gasteiger partial charge in [-0.15, -0.1) is 0 Å². The van der Waals surface area contributed by atoms with Gasteiger partial charge in [0.15, 0.2) is 0 Å². The molecule has 1 fully saturated rings. The van der Waals surface area contributed by atoms with Gasteiger partial charge < -0.3 is 14.7 Å². The maximum atomic E-state index is 11.7. The summed E-state index contributed by atoms with van der Waals surface area (Å²) in [4.78, 5) is 7.36. The summed E-state index contributed by atoms with van der Waals surface area (Å²) in [5.41, 5.74) is 1.74. The molecule has 2 N–H and O–H groups in total. The normalized spacial score (nSPS) is 21.6. The van der Waals surface area contributed by atoms with Crippen LogP contribution in [0.3, 0.4) is 0 Å². The van der Waals surface area contributed by atoms with Gasteiger partial charge in [-0.25, -0.2) is 17.7 Å². The van der Waals surface area contributed by atoms with Crippen molar-refractivity contribution in [3.05, 3.63) is 24.0 Å². The van der Waals surface area contributed by atoms with E-state index in [1.54, 1.807) is 6.20 Å². The fourth-order valence-corrected chi connectivity index (χ4v) is 4.45. The van der Waals surface area contributed by atoms with Crippen LogP contribution in [0.5, 0.6) is 0 Å². The molecule has 0 bridgehead atoms. The molecule has 2 aromatic rings. The van der Waals surface area contributed by atoms with Crippen molar-refractivity contribution in [1.82, 2.24) is 14.3 Å². The van der Waals surface area contributed by atoms with E-state index in [1.807, 2.05) is 12.3 Å². The van der Waals surface area contributed by atoms with E-state index in [0.717, 1.165) is 16.6 Å². The molecule has 0 saturated carbocycles. The number of rotatable bonds is 1. The van der Waals surface area contributed by atoms with Crippen LogP contribution in [0.4, 0.5) is 0 Å². The van der Waals surface area contributed by atoms with E-state index < -0.39 is 22.7 Å². The van der Waals surface area contributed by atoms with Gasteiger partial charge in [0.1, 0.15) is 5.65 Å². The Morgan fingerprint density at radius 2 is 2.18 bits per heavy atom. The SMILES string of the molecule is CS(=O)(=O)N1CCC2(CC1)OB(O)c1cnc3[nH]ccc3c12. The third-order valence-corrected chi connectivity index (χ3v) is 5.98. The molecule has 0 aliphatic carbocycles. The Labute approximate surface area is 128 Å². The van der Waals surface area contributed by atoms with Crippen molar-refractivity contribution >= 4 is 33.6 Å². The van der Waals surface area contributed by atoms with Crippen molar-refractivity contribution in [1.29, 1.82) is 0 Å². The van der Waals surface area contributed by atoms with Crippen LogP contribution < -0.4 is 5.46 Å². The standard InChI is InChI=1S/C13H16BN3O4S/c1-22(19,20)17-6-3-13(4-7-17)11-9-2-5-15-12(9)16-8-10(11)14(18)21-13/h2,5,8,18H,3-4,6-7H2,1H3,(H,15,16). The summed E-state index contributed by atoms with van der Waals surface area (Å²) in [5.74, 6) is 0. The van der Waals surface area contributed by atoms with Gasteiger partial charge in [0.25, 0.3) is 0 Å². The maximum Gasteiger partial charge on any atom is 0.493 e. The molecule has 2 aliphatic rings. The highest BCUT2D eigenvalue weighted by atomic mass is 32.2. The van der Waals surface area contributed by atoms with Crippen molar-refractivity contribution in [3.8, 4) is 0 Å². The number of aromatic nitrogens is 2. The van der Waals surface area contributed by atoms with Gasteiger partial charge in [0.05, 0.1) is 11.9 Å². The molecule has 9 heteroatoms.